The van der Waals surface area contributed by atoms with E-state index in [0.717, 1.165) is 11.5 Å². The summed E-state index contributed by atoms with van der Waals surface area (Å²) in [4.78, 5) is 2.37. The molecule has 0 bridgehead atoms. The zero-order valence-corrected chi connectivity index (χ0v) is 14.7. The van der Waals surface area contributed by atoms with Crippen LogP contribution in [0.4, 0.5) is 0 Å². The van der Waals surface area contributed by atoms with E-state index in [1.807, 2.05) is 27.7 Å². The first-order valence-electron chi connectivity index (χ1n) is 7.45. The third-order valence-electron chi connectivity index (χ3n) is 2.64. The zero-order chi connectivity index (χ0) is 15.7. The predicted octanol–water partition coefficient (Wildman–Crippen LogP) is 6.76. The fourth-order valence-electron chi connectivity index (χ4n) is 1.76. The van der Waals surface area contributed by atoms with E-state index >= 15 is 0 Å². The van der Waals surface area contributed by atoms with Gasteiger partial charge in [-0.3, -0.25) is 0 Å². The van der Waals surface area contributed by atoms with Crippen LogP contribution in [0, 0.1) is 0 Å². The van der Waals surface area contributed by atoms with Gasteiger partial charge in [-0.15, -0.1) is 0 Å². The van der Waals surface area contributed by atoms with Gasteiger partial charge in [0.1, 0.15) is 11.5 Å². The van der Waals surface area contributed by atoms with E-state index in [4.69, 9.17) is 4.74 Å². The second-order valence-electron chi connectivity index (χ2n) is 4.16. The third kappa shape index (κ3) is 4.45. The van der Waals surface area contributed by atoms with E-state index in [1.54, 1.807) is 17.8 Å². The number of hydrogen-bond acceptors (Lipinski definition) is 2. The summed E-state index contributed by atoms with van der Waals surface area (Å²) in [6, 6.07) is 6.33. The molecule has 0 unspecified atom stereocenters. The summed E-state index contributed by atoms with van der Waals surface area (Å²) in [7, 11) is 0. The van der Waals surface area contributed by atoms with Gasteiger partial charge in [0.25, 0.3) is 0 Å². The highest BCUT2D eigenvalue weighted by Crippen LogP contribution is 2.44. The van der Waals surface area contributed by atoms with Gasteiger partial charge in [-0.1, -0.05) is 72.0 Å². The van der Waals surface area contributed by atoms with Gasteiger partial charge in [0, 0.05) is 4.91 Å². The van der Waals surface area contributed by atoms with Crippen molar-refractivity contribution in [2.75, 3.05) is 0 Å². The fourth-order valence-corrected chi connectivity index (χ4v) is 2.71. The number of benzene rings is 1. The monoisotopic (exact) mass is 292 g/mol. The van der Waals surface area contributed by atoms with Crippen molar-refractivity contribution in [1.82, 2.24) is 0 Å². The normalized spacial score (nSPS) is 12.4. The maximum absolute atomic E-state index is 5.93. The molecule has 112 valence electrons. The summed E-state index contributed by atoms with van der Waals surface area (Å²) >= 11 is 1.76. The molecule has 20 heavy (non-hydrogen) atoms. The van der Waals surface area contributed by atoms with Crippen molar-refractivity contribution >= 4 is 11.8 Å². The first-order chi connectivity index (χ1) is 9.63. The summed E-state index contributed by atoms with van der Waals surface area (Å²) in [5, 5.41) is 0. The summed E-state index contributed by atoms with van der Waals surface area (Å²) in [6.07, 6.45) is 1.78. The molecular formula is C18H28OS. The molecule has 1 aromatic rings. The van der Waals surface area contributed by atoms with Crippen LogP contribution in [0.3, 0.4) is 0 Å². The van der Waals surface area contributed by atoms with Crippen LogP contribution in [0.1, 0.15) is 59.9 Å². The molecule has 0 radical (unpaired) electrons. The Balaban J connectivity index is 0.000000829. The lowest BCUT2D eigenvalue weighted by atomic mass is 10.0. The molecule has 1 aliphatic rings. The zero-order valence-electron chi connectivity index (χ0n) is 13.9. The first-order valence-corrected chi connectivity index (χ1v) is 8.27. The van der Waals surface area contributed by atoms with Crippen molar-refractivity contribution in [2.45, 2.75) is 59.3 Å². The topological polar surface area (TPSA) is 9.23 Å². The van der Waals surface area contributed by atoms with Crippen molar-refractivity contribution in [1.29, 1.82) is 0 Å². The molecule has 0 saturated heterocycles. The molecule has 1 aliphatic heterocycles. The molecule has 0 N–H and O–H groups in total. The van der Waals surface area contributed by atoms with Gasteiger partial charge in [0.05, 0.1) is 4.90 Å². The minimum Gasteiger partial charge on any atom is -0.455 e. The van der Waals surface area contributed by atoms with Gasteiger partial charge in [0.15, 0.2) is 0 Å². The summed E-state index contributed by atoms with van der Waals surface area (Å²) < 4.78 is 5.93. The average molecular weight is 292 g/mol. The number of rotatable bonds is 2. The number of ether oxygens (including phenoxy) is 1. The van der Waals surface area contributed by atoms with Crippen molar-refractivity contribution in [3.63, 3.8) is 0 Å². The van der Waals surface area contributed by atoms with Crippen molar-refractivity contribution in [3.05, 3.63) is 47.1 Å². The highest BCUT2D eigenvalue weighted by Gasteiger charge is 2.20. The summed E-state index contributed by atoms with van der Waals surface area (Å²) in [6.45, 7) is 18.2. The van der Waals surface area contributed by atoms with Crippen LogP contribution in [0.5, 0.6) is 5.75 Å². The molecule has 0 fully saturated rings. The van der Waals surface area contributed by atoms with Gasteiger partial charge in [-0.25, -0.2) is 0 Å². The number of thioether (sulfide) groups is 1. The molecule has 2 rings (SSSR count). The highest BCUT2D eigenvalue weighted by molar-refractivity contribution is 8.03. The second kappa shape index (κ2) is 9.71. The molecule has 0 saturated carbocycles. The molecule has 1 heterocycles. The Kier molecular flexibility index (Phi) is 9.15. The minimum atomic E-state index is 0.472. The van der Waals surface area contributed by atoms with Crippen molar-refractivity contribution in [2.24, 2.45) is 0 Å². The van der Waals surface area contributed by atoms with E-state index in [0.29, 0.717) is 5.92 Å². The lowest BCUT2D eigenvalue weighted by molar-refractivity contribution is 0.420. The number of para-hydroxylation sites is 1. The average Bonchev–Trinajstić information content (AvgIpc) is 2.49. The predicted molar refractivity (Wildman–Crippen MR) is 92.6 cm³/mol. The van der Waals surface area contributed by atoms with E-state index in [-0.39, 0.29) is 0 Å². The van der Waals surface area contributed by atoms with Gasteiger partial charge in [0.2, 0.25) is 0 Å². The Morgan fingerprint density at radius 2 is 1.75 bits per heavy atom. The Morgan fingerprint density at radius 1 is 1.15 bits per heavy atom. The summed E-state index contributed by atoms with van der Waals surface area (Å²) in [5.41, 5.74) is 1.26. The van der Waals surface area contributed by atoms with Crippen LogP contribution in [0.15, 0.2) is 46.4 Å². The van der Waals surface area contributed by atoms with Gasteiger partial charge < -0.3 is 4.74 Å². The lowest BCUT2D eigenvalue weighted by Crippen LogP contribution is -2.04. The van der Waals surface area contributed by atoms with E-state index in [2.05, 4.69) is 45.5 Å². The number of allylic oxidation sites excluding steroid dienone is 2. The van der Waals surface area contributed by atoms with E-state index in [1.165, 1.54) is 15.4 Å². The standard InChI is InChI=1S/C14H16OS.2C2H6/c1-5-12-10(4)16-13-8-6-7-11(9(2)3)14(13)15-12;2*1-2/h5-9H,1H2,2-4H3;2*1-2H3. The Hall–Kier alpha value is -1.15. The van der Waals surface area contributed by atoms with Crippen molar-refractivity contribution in [3.8, 4) is 5.75 Å². The molecule has 0 amide bonds. The largest absolute Gasteiger partial charge is 0.455 e. The molecule has 1 nitrogen and oxygen atoms in total. The SMILES string of the molecule is C=CC1=C(C)Sc2cccc(C(C)C)c2O1.CC.CC. The molecule has 1 aromatic carbocycles. The van der Waals surface area contributed by atoms with Gasteiger partial charge in [-0.05, 0) is 30.5 Å². The number of fused-ring (bicyclic) bond motifs is 1. The Bertz CT molecular complexity index is 458. The van der Waals surface area contributed by atoms with E-state index in [9.17, 15) is 0 Å². The minimum absolute atomic E-state index is 0.472. The molecule has 0 atom stereocenters. The molecular weight excluding hydrogens is 264 g/mol. The van der Waals surface area contributed by atoms with Crippen LogP contribution in [-0.2, 0) is 0 Å². The maximum atomic E-state index is 5.93. The summed E-state index contributed by atoms with van der Waals surface area (Å²) in [5.74, 6) is 2.36. The van der Waals surface area contributed by atoms with Gasteiger partial charge in [-0.2, -0.15) is 0 Å². The lowest BCUT2D eigenvalue weighted by Gasteiger charge is -2.23. The number of hydrogen-bond donors (Lipinski definition) is 0. The second-order valence-corrected chi connectivity index (χ2v) is 5.41. The van der Waals surface area contributed by atoms with Crippen LogP contribution in [0.25, 0.3) is 0 Å². The molecule has 0 aliphatic carbocycles. The van der Waals surface area contributed by atoms with E-state index < -0.39 is 0 Å². The molecule has 0 aromatic heterocycles. The maximum Gasteiger partial charge on any atom is 0.144 e. The van der Waals surface area contributed by atoms with Crippen LogP contribution in [0.2, 0.25) is 0 Å². The van der Waals surface area contributed by atoms with Crippen LogP contribution >= 0.6 is 11.8 Å². The van der Waals surface area contributed by atoms with Crippen LogP contribution in [-0.4, -0.2) is 0 Å². The Labute approximate surface area is 129 Å². The fraction of sp³-hybridized carbons (Fsp3) is 0.444. The molecule has 2 heteroatoms. The Morgan fingerprint density at radius 3 is 2.25 bits per heavy atom. The van der Waals surface area contributed by atoms with Gasteiger partial charge >= 0.3 is 0 Å². The highest BCUT2D eigenvalue weighted by atomic mass is 32.2. The smallest absolute Gasteiger partial charge is 0.144 e. The molecule has 0 spiro atoms. The quantitative estimate of drug-likeness (QED) is 0.595. The van der Waals surface area contributed by atoms with Crippen LogP contribution < -0.4 is 4.74 Å². The van der Waals surface area contributed by atoms with Crippen molar-refractivity contribution < 1.29 is 4.74 Å². The third-order valence-corrected chi connectivity index (χ3v) is 3.69. The first kappa shape index (κ1) is 18.9.